The van der Waals surface area contributed by atoms with Gasteiger partial charge in [-0.15, -0.1) is 0 Å². The van der Waals surface area contributed by atoms with E-state index in [0.29, 0.717) is 25.6 Å². The van der Waals surface area contributed by atoms with Crippen molar-refractivity contribution in [1.29, 1.82) is 0 Å². The molecule has 2 aromatic carbocycles. The van der Waals surface area contributed by atoms with Gasteiger partial charge in [-0.1, -0.05) is 73.0 Å². The highest BCUT2D eigenvalue weighted by molar-refractivity contribution is 8.26. The van der Waals surface area contributed by atoms with E-state index in [1.165, 1.54) is 24.2 Å². The molecule has 2 aromatic rings. The molecule has 1 saturated heterocycles. The number of thiocarbonyl (C=S) groups is 1. The third-order valence-electron chi connectivity index (χ3n) is 5.36. The zero-order valence-electron chi connectivity index (χ0n) is 16.3. The predicted molar refractivity (Wildman–Crippen MR) is 124 cm³/mol. The first kappa shape index (κ1) is 21.3. The fourth-order valence-electron chi connectivity index (χ4n) is 3.81. The van der Waals surface area contributed by atoms with Crippen LogP contribution in [0.4, 0.5) is 4.39 Å². The lowest BCUT2D eigenvalue weighted by atomic mass is 9.94. The van der Waals surface area contributed by atoms with Gasteiger partial charge in [-0.2, -0.15) is 0 Å². The average Bonchev–Trinajstić information content (AvgIpc) is 3.01. The largest absolute Gasteiger partial charge is 0.489 e. The molecule has 1 aliphatic heterocycles. The smallest absolute Gasteiger partial charge is 0.266 e. The van der Waals surface area contributed by atoms with Crippen LogP contribution in [0.5, 0.6) is 5.75 Å². The maximum Gasteiger partial charge on any atom is 0.266 e. The van der Waals surface area contributed by atoms with E-state index in [9.17, 15) is 9.18 Å². The Kier molecular flexibility index (Phi) is 6.76. The van der Waals surface area contributed by atoms with Crippen LogP contribution >= 0.6 is 35.6 Å². The summed E-state index contributed by atoms with van der Waals surface area (Å²) < 4.78 is 20.3. The lowest BCUT2D eigenvalue weighted by Crippen LogP contribution is -2.39. The molecule has 1 heterocycles. The Balaban J connectivity index is 1.48. The molecule has 0 N–H and O–H groups in total. The summed E-state index contributed by atoms with van der Waals surface area (Å²) in [6.45, 7) is 0.0265. The molecular formula is C23H21ClFNO2S2. The second kappa shape index (κ2) is 9.50. The van der Waals surface area contributed by atoms with Crippen molar-refractivity contribution >= 4 is 51.9 Å². The Morgan fingerprint density at radius 1 is 1.20 bits per heavy atom. The van der Waals surface area contributed by atoms with Crippen molar-refractivity contribution < 1.29 is 13.9 Å². The van der Waals surface area contributed by atoms with Gasteiger partial charge in [0, 0.05) is 11.6 Å². The van der Waals surface area contributed by atoms with Crippen LogP contribution in [0, 0.1) is 5.82 Å². The fraction of sp³-hybridized carbons (Fsp3) is 0.304. The summed E-state index contributed by atoms with van der Waals surface area (Å²) in [6.07, 6.45) is 7.39. The maximum atomic E-state index is 13.9. The van der Waals surface area contributed by atoms with Crippen molar-refractivity contribution in [2.75, 3.05) is 0 Å². The summed E-state index contributed by atoms with van der Waals surface area (Å²) in [7, 11) is 0. The number of nitrogens with zero attached hydrogens (tertiary/aromatic N) is 1. The van der Waals surface area contributed by atoms with E-state index in [2.05, 4.69) is 0 Å². The van der Waals surface area contributed by atoms with E-state index in [4.69, 9.17) is 28.6 Å². The van der Waals surface area contributed by atoms with Gasteiger partial charge < -0.3 is 4.74 Å². The van der Waals surface area contributed by atoms with E-state index in [1.54, 1.807) is 23.1 Å². The van der Waals surface area contributed by atoms with E-state index in [-0.39, 0.29) is 18.6 Å². The quantitative estimate of drug-likeness (QED) is 0.371. The van der Waals surface area contributed by atoms with Gasteiger partial charge >= 0.3 is 0 Å². The second-order valence-electron chi connectivity index (χ2n) is 7.40. The van der Waals surface area contributed by atoms with Gasteiger partial charge in [-0.05, 0) is 48.7 Å². The third-order valence-corrected chi connectivity index (χ3v) is 7.05. The molecule has 0 radical (unpaired) electrons. The standard InChI is InChI=1S/C23H21ClFNO2S2/c24-19-10-5-11-20(25)18(19)14-28-17-9-4-6-15(12-17)13-21-22(27)26(23(29)30-21)16-7-2-1-3-8-16/h4-6,9-13,16H,1-3,7-8,14H2/b21-13+. The Morgan fingerprint density at radius 3 is 2.73 bits per heavy atom. The molecule has 0 unspecified atom stereocenters. The SMILES string of the molecule is O=C1/C(=C\c2cccc(OCc3c(F)cccc3Cl)c2)SC(=S)N1C1CCCCC1. The Labute approximate surface area is 190 Å². The molecule has 0 bridgehead atoms. The molecule has 1 aliphatic carbocycles. The van der Waals surface area contributed by atoms with Crippen LogP contribution in [0.3, 0.4) is 0 Å². The highest BCUT2D eigenvalue weighted by Gasteiger charge is 2.37. The van der Waals surface area contributed by atoms with Gasteiger partial charge in [0.15, 0.2) is 0 Å². The van der Waals surface area contributed by atoms with Crippen LogP contribution in [0.1, 0.15) is 43.2 Å². The highest BCUT2D eigenvalue weighted by atomic mass is 35.5. The fourth-order valence-corrected chi connectivity index (χ4v) is 5.42. The lowest BCUT2D eigenvalue weighted by Gasteiger charge is -2.29. The Hall–Kier alpha value is -1.89. The highest BCUT2D eigenvalue weighted by Crippen LogP contribution is 2.37. The van der Waals surface area contributed by atoms with Crippen LogP contribution in [-0.2, 0) is 11.4 Å². The van der Waals surface area contributed by atoms with Gasteiger partial charge in [-0.25, -0.2) is 4.39 Å². The maximum absolute atomic E-state index is 13.9. The van der Waals surface area contributed by atoms with Crippen LogP contribution in [-0.4, -0.2) is 21.2 Å². The Morgan fingerprint density at radius 2 is 1.97 bits per heavy atom. The minimum atomic E-state index is -0.398. The summed E-state index contributed by atoms with van der Waals surface area (Å²) in [6, 6.07) is 12.1. The molecule has 1 saturated carbocycles. The second-order valence-corrected chi connectivity index (χ2v) is 9.49. The molecule has 3 nitrogen and oxygen atoms in total. The minimum absolute atomic E-state index is 0.0126. The molecule has 0 aromatic heterocycles. The number of ether oxygens (including phenoxy) is 1. The number of hydrogen-bond acceptors (Lipinski definition) is 4. The van der Waals surface area contributed by atoms with Crippen molar-refractivity contribution in [3.8, 4) is 5.75 Å². The van der Waals surface area contributed by atoms with Crippen LogP contribution < -0.4 is 4.74 Å². The van der Waals surface area contributed by atoms with Crippen LogP contribution in [0.25, 0.3) is 6.08 Å². The first-order chi connectivity index (χ1) is 14.5. The van der Waals surface area contributed by atoms with Gasteiger partial charge in [0.1, 0.15) is 22.5 Å². The van der Waals surface area contributed by atoms with Gasteiger partial charge in [0.25, 0.3) is 5.91 Å². The monoisotopic (exact) mass is 461 g/mol. The van der Waals surface area contributed by atoms with E-state index >= 15 is 0 Å². The summed E-state index contributed by atoms with van der Waals surface area (Å²) in [5.74, 6) is 0.164. The number of halogens is 2. The van der Waals surface area contributed by atoms with Gasteiger partial charge in [0.05, 0.1) is 9.93 Å². The summed E-state index contributed by atoms with van der Waals surface area (Å²) in [5.41, 5.74) is 1.15. The number of carbonyl (C=O) groups excluding carboxylic acids is 1. The summed E-state index contributed by atoms with van der Waals surface area (Å²) in [4.78, 5) is 15.4. The number of rotatable bonds is 5. The first-order valence-electron chi connectivity index (χ1n) is 9.96. The van der Waals surface area contributed by atoms with Crippen LogP contribution in [0.2, 0.25) is 5.02 Å². The minimum Gasteiger partial charge on any atom is -0.489 e. The normalized spacial score (nSPS) is 19.0. The number of thioether (sulfide) groups is 1. The molecular weight excluding hydrogens is 441 g/mol. The number of benzene rings is 2. The van der Waals surface area contributed by atoms with E-state index in [0.717, 1.165) is 31.2 Å². The molecule has 7 heteroatoms. The van der Waals surface area contributed by atoms with Crippen molar-refractivity contribution in [3.05, 3.63) is 69.3 Å². The molecule has 2 fully saturated rings. The van der Waals surface area contributed by atoms with Gasteiger partial charge in [0.2, 0.25) is 0 Å². The van der Waals surface area contributed by atoms with Crippen molar-refractivity contribution in [2.24, 2.45) is 0 Å². The summed E-state index contributed by atoms with van der Waals surface area (Å²) >= 11 is 12.9. The molecule has 0 atom stereocenters. The Bertz CT molecular complexity index is 984. The molecule has 156 valence electrons. The predicted octanol–water partition coefficient (Wildman–Crippen LogP) is 6.59. The number of carbonyl (C=O) groups is 1. The number of hydrogen-bond donors (Lipinski definition) is 0. The topological polar surface area (TPSA) is 29.5 Å². The first-order valence-corrected chi connectivity index (χ1v) is 11.6. The molecule has 30 heavy (non-hydrogen) atoms. The molecule has 1 amide bonds. The zero-order valence-corrected chi connectivity index (χ0v) is 18.7. The average molecular weight is 462 g/mol. The van der Waals surface area contributed by atoms with Crippen LogP contribution in [0.15, 0.2) is 47.4 Å². The molecule has 4 rings (SSSR count). The molecule has 0 spiro atoms. The summed E-state index contributed by atoms with van der Waals surface area (Å²) in [5, 5.41) is 0.331. The van der Waals surface area contributed by atoms with E-state index < -0.39 is 5.82 Å². The molecule has 2 aliphatic rings. The van der Waals surface area contributed by atoms with Crippen molar-refractivity contribution in [3.63, 3.8) is 0 Å². The van der Waals surface area contributed by atoms with Crippen molar-refractivity contribution in [2.45, 2.75) is 44.8 Å². The van der Waals surface area contributed by atoms with Crippen molar-refractivity contribution in [1.82, 2.24) is 4.90 Å². The van der Waals surface area contributed by atoms with Gasteiger partial charge in [-0.3, -0.25) is 9.69 Å². The zero-order chi connectivity index (χ0) is 21.1. The number of amides is 1. The van der Waals surface area contributed by atoms with E-state index in [1.807, 2.05) is 24.3 Å². The third kappa shape index (κ3) is 4.71. The lowest BCUT2D eigenvalue weighted by molar-refractivity contribution is -0.124.